The molecule has 3 heterocycles. The number of nitrogens with two attached hydrogens (primary N) is 2. The molecule has 0 saturated heterocycles. The third-order valence-corrected chi connectivity index (χ3v) is 10.2. The number of para-hydroxylation sites is 1. The maximum atomic E-state index is 12.3. The van der Waals surface area contributed by atoms with Crippen molar-refractivity contribution >= 4 is 61.6 Å². The Balaban J connectivity index is 0.000000219. The Kier molecular flexibility index (Phi) is 14.0. The molecule has 1 aromatic heterocycles. The van der Waals surface area contributed by atoms with Crippen molar-refractivity contribution in [3.63, 3.8) is 0 Å². The van der Waals surface area contributed by atoms with Crippen molar-refractivity contribution in [2.75, 3.05) is 56.7 Å². The van der Waals surface area contributed by atoms with Gasteiger partial charge < -0.3 is 26.0 Å². The fourth-order valence-corrected chi connectivity index (χ4v) is 7.07. The van der Waals surface area contributed by atoms with Crippen LogP contribution >= 0.6 is 11.3 Å². The lowest BCUT2D eigenvalue weighted by Gasteiger charge is -2.23. The number of likely N-dealkylation sites (N-methyl/N-ethyl adjacent to an activating group) is 2. The number of benzene rings is 3. The van der Waals surface area contributed by atoms with Crippen LogP contribution in [0.4, 0.5) is 38.4 Å². The number of hydrogen-bond acceptors (Lipinski definition) is 12. The first-order valence-electron chi connectivity index (χ1n) is 18.4. The molecular weight excluding hydrogens is 723 g/mol. The summed E-state index contributed by atoms with van der Waals surface area (Å²) >= 11 is 1.29. The summed E-state index contributed by atoms with van der Waals surface area (Å²) in [6.45, 7) is 19.1. The van der Waals surface area contributed by atoms with E-state index in [1.807, 2.05) is 68.6 Å². The fourth-order valence-electron chi connectivity index (χ4n) is 6.33. The Labute approximate surface area is 333 Å². The number of aryl methyl sites for hydroxylation is 1. The minimum Gasteiger partial charge on any atom is -0.475 e. The van der Waals surface area contributed by atoms with E-state index in [1.54, 1.807) is 19.2 Å². The Morgan fingerprint density at radius 3 is 2.39 bits per heavy atom. The molecule has 2 aliphatic rings. The first-order chi connectivity index (χ1) is 27.0. The highest BCUT2D eigenvalue weighted by Crippen LogP contribution is 2.47. The second-order valence-corrected chi connectivity index (χ2v) is 14.5. The van der Waals surface area contributed by atoms with E-state index in [4.69, 9.17) is 22.8 Å². The van der Waals surface area contributed by atoms with E-state index in [9.17, 15) is 4.79 Å². The number of rotatable bonds is 12. The fraction of sp³-hybridized carbons (Fsp3) is 0.310. The van der Waals surface area contributed by atoms with Gasteiger partial charge in [0.25, 0.3) is 5.91 Å². The summed E-state index contributed by atoms with van der Waals surface area (Å²) < 4.78 is 5.51. The molecule has 0 atom stereocenters. The lowest BCUT2D eigenvalue weighted by atomic mass is 9.83. The van der Waals surface area contributed by atoms with Gasteiger partial charge in [-0.2, -0.15) is 10.2 Å². The van der Waals surface area contributed by atoms with Crippen molar-refractivity contribution in [1.29, 1.82) is 0 Å². The number of thiophene rings is 1. The third kappa shape index (κ3) is 9.61. The van der Waals surface area contributed by atoms with Crippen molar-refractivity contribution in [2.24, 2.45) is 37.0 Å². The van der Waals surface area contributed by atoms with Crippen LogP contribution in [0.15, 0.2) is 128 Å². The summed E-state index contributed by atoms with van der Waals surface area (Å²) in [6.07, 6.45) is 4.73. The SMILES string of the molecule is CN1N=C(OCCN)/C(=C/C=C2\N(C)c3ccccc3C2(C)C)C1=O.[C-]#[N+]c1cc(N=Nc2ccccc2)sc1N=Nc1ccc(N(CC)CCCN)cc1C. The van der Waals surface area contributed by atoms with E-state index in [1.165, 1.54) is 27.6 Å². The highest BCUT2D eigenvalue weighted by atomic mass is 32.1. The quantitative estimate of drug-likeness (QED) is 0.0831. The topological polar surface area (TPSA) is 154 Å². The number of carbonyl (C=O) groups is 1. The van der Waals surface area contributed by atoms with Crippen LogP contribution in [0.25, 0.3) is 4.85 Å². The monoisotopic (exact) mass is 771 g/mol. The number of azo groups is 2. The Morgan fingerprint density at radius 1 is 0.964 bits per heavy atom. The molecule has 14 heteroatoms. The average molecular weight is 772 g/mol. The molecule has 0 unspecified atom stereocenters. The minimum atomic E-state index is -0.181. The van der Waals surface area contributed by atoms with Crippen LogP contribution in [-0.4, -0.2) is 63.7 Å². The molecule has 0 fully saturated rings. The number of hydrazone groups is 1. The van der Waals surface area contributed by atoms with Gasteiger partial charge in [0.15, 0.2) is 0 Å². The van der Waals surface area contributed by atoms with Gasteiger partial charge in [-0.15, -0.1) is 26.7 Å². The molecule has 56 heavy (non-hydrogen) atoms. The predicted octanol–water partition coefficient (Wildman–Crippen LogP) is 9.60. The van der Waals surface area contributed by atoms with Gasteiger partial charge in [0.1, 0.15) is 22.2 Å². The molecule has 4 N–H and O–H groups in total. The maximum absolute atomic E-state index is 12.3. The third-order valence-electron chi connectivity index (χ3n) is 9.33. The number of allylic oxidation sites excluding steroid dienone is 3. The molecule has 0 radical (unpaired) electrons. The molecule has 13 nitrogen and oxygen atoms in total. The highest BCUT2D eigenvalue weighted by molar-refractivity contribution is 7.20. The summed E-state index contributed by atoms with van der Waals surface area (Å²) in [7, 11) is 3.66. The van der Waals surface area contributed by atoms with Crippen molar-refractivity contribution in [3.8, 4) is 0 Å². The minimum absolute atomic E-state index is 0.147. The number of carbonyl (C=O) groups excluding carboxylic acids is 1. The smallest absolute Gasteiger partial charge is 0.279 e. The zero-order chi connectivity index (χ0) is 40.2. The molecule has 0 saturated carbocycles. The number of ether oxygens (including phenoxy) is 1. The zero-order valence-corrected chi connectivity index (χ0v) is 33.6. The number of hydrogen-bond donors (Lipinski definition) is 2. The summed E-state index contributed by atoms with van der Waals surface area (Å²) in [5, 5.41) is 23.7. The zero-order valence-electron chi connectivity index (χ0n) is 32.8. The highest BCUT2D eigenvalue weighted by Gasteiger charge is 2.38. The molecule has 4 aromatic rings. The molecule has 290 valence electrons. The molecule has 0 aliphatic carbocycles. The average Bonchev–Trinajstić information content (AvgIpc) is 3.80. The van der Waals surface area contributed by atoms with Gasteiger partial charge in [0, 0.05) is 56.2 Å². The van der Waals surface area contributed by atoms with Crippen LogP contribution < -0.4 is 21.3 Å². The number of anilines is 2. The largest absolute Gasteiger partial charge is 0.475 e. The molecule has 2 aliphatic heterocycles. The first-order valence-corrected chi connectivity index (χ1v) is 19.2. The second-order valence-electron chi connectivity index (χ2n) is 13.5. The van der Waals surface area contributed by atoms with Gasteiger partial charge in [-0.3, -0.25) is 4.79 Å². The van der Waals surface area contributed by atoms with Crippen molar-refractivity contribution in [2.45, 2.75) is 39.5 Å². The maximum Gasteiger partial charge on any atom is 0.279 e. The summed E-state index contributed by atoms with van der Waals surface area (Å²) in [4.78, 5) is 20.3. The van der Waals surface area contributed by atoms with Gasteiger partial charge in [-0.05, 0) is 92.6 Å². The molecule has 0 spiro atoms. The van der Waals surface area contributed by atoms with Gasteiger partial charge >= 0.3 is 0 Å². The van der Waals surface area contributed by atoms with Crippen molar-refractivity contribution in [1.82, 2.24) is 5.01 Å². The van der Waals surface area contributed by atoms with E-state index < -0.39 is 0 Å². The van der Waals surface area contributed by atoms with E-state index in [0.717, 1.165) is 47.8 Å². The lowest BCUT2D eigenvalue weighted by Crippen LogP contribution is -2.25. The van der Waals surface area contributed by atoms with E-state index in [-0.39, 0.29) is 11.3 Å². The van der Waals surface area contributed by atoms with Crippen molar-refractivity contribution in [3.05, 3.63) is 125 Å². The van der Waals surface area contributed by atoms with Crippen LogP contribution in [0.1, 0.15) is 38.3 Å². The molecule has 1 amide bonds. The van der Waals surface area contributed by atoms with Crippen LogP contribution in [0.3, 0.4) is 0 Å². The molecule has 0 bridgehead atoms. The Morgan fingerprint density at radius 2 is 1.71 bits per heavy atom. The normalized spacial score (nSPS) is 16.1. The molecular formula is C42H49N11O2S. The molecule has 3 aromatic carbocycles. The lowest BCUT2D eigenvalue weighted by molar-refractivity contribution is -0.124. The van der Waals surface area contributed by atoms with Gasteiger partial charge in [0.05, 0.1) is 17.9 Å². The van der Waals surface area contributed by atoms with Gasteiger partial charge in [-0.25, -0.2) is 9.85 Å². The van der Waals surface area contributed by atoms with Gasteiger partial charge in [-0.1, -0.05) is 50.2 Å². The van der Waals surface area contributed by atoms with Crippen LogP contribution in [0, 0.1) is 13.5 Å². The van der Waals surface area contributed by atoms with E-state index >= 15 is 0 Å². The number of nitrogens with zero attached hydrogens (tertiary/aromatic N) is 9. The Bertz CT molecular complexity index is 2200. The summed E-state index contributed by atoms with van der Waals surface area (Å²) in [5.41, 5.74) is 19.1. The van der Waals surface area contributed by atoms with E-state index in [2.05, 4.69) is 85.2 Å². The predicted molar refractivity (Wildman–Crippen MR) is 227 cm³/mol. The summed E-state index contributed by atoms with van der Waals surface area (Å²) in [6, 6.07) is 25.6. The second kappa shape index (κ2) is 19.0. The van der Waals surface area contributed by atoms with Crippen molar-refractivity contribution < 1.29 is 9.53 Å². The van der Waals surface area contributed by atoms with Crippen LogP contribution in [0.5, 0.6) is 0 Å². The number of amides is 1. The first kappa shape index (κ1) is 41.2. The standard InChI is InChI=1S/C23H25N7S.C19H24N4O2/c1-4-30(14-8-13-24)19-11-12-20(17(2)15-19)27-29-23-21(25-3)16-22(31-23)28-26-18-9-6-5-7-10-18;1-19(2)14-7-5-6-8-15(14)22(3)16(19)10-9-13-17(25-12-11-20)21-23(4)18(13)24/h5-7,9-12,15-16H,4,8,13-14,24H2,1-2H3;5-10H,11-12,20H2,1-4H3/b;13-9-,16-10-. The molecule has 6 rings (SSSR count). The van der Waals surface area contributed by atoms with E-state index in [0.29, 0.717) is 46.9 Å². The number of fused-ring (bicyclic) bond motifs is 1. The van der Waals surface area contributed by atoms with Gasteiger partial charge in [0.2, 0.25) is 11.6 Å². The Hall–Kier alpha value is -6.01. The summed E-state index contributed by atoms with van der Waals surface area (Å²) in [5.74, 6) is 0.144. The van der Waals surface area contributed by atoms with Crippen LogP contribution in [-0.2, 0) is 14.9 Å². The van der Waals surface area contributed by atoms with Crippen LogP contribution in [0.2, 0.25) is 0 Å².